The van der Waals surface area contributed by atoms with Gasteiger partial charge in [0.1, 0.15) is 5.82 Å². The minimum absolute atomic E-state index is 0.0618. The van der Waals surface area contributed by atoms with E-state index in [4.69, 9.17) is 14.2 Å². The third-order valence-electron chi connectivity index (χ3n) is 4.26. The lowest BCUT2D eigenvalue weighted by Crippen LogP contribution is -2.27. The Morgan fingerprint density at radius 2 is 1.87 bits per heavy atom. The van der Waals surface area contributed by atoms with Gasteiger partial charge in [-0.3, -0.25) is 14.5 Å². The highest BCUT2D eigenvalue weighted by molar-refractivity contribution is 8.18. The highest BCUT2D eigenvalue weighted by atomic mass is 32.2. The summed E-state index contributed by atoms with van der Waals surface area (Å²) in [6.07, 6.45) is 1.58. The van der Waals surface area contributed by atoms with Crippen molar-refractivity contribution in [3.8, 4) is 11.5 Å². The fraction of sp³-hybridized carbons (Fsp3) is 0.227. The van der Waals surface area contributed by atoms with Crippen LogP contribution < -0.4 is 9.47 Å². The van der Waals surface area contributed by atoms with Crippen LogP contribution in [0.5, 0.6) is 11.5 Å². The first kappa shape index (κ1) is 22.4. The summed E-state index contributed by atoms with van der Waals surface area (Å²) in [6.45, 7) is 1.77. The molecule has 9 heteroatoms. The molecule has 2 aromatic carbocycles. The summed E-state index contributed by atoms with van der Waals surface area (Å²) >= 11 is 0.828. The topological polar surface area (TPSA) is 82.1 Å². The van der Waals surface area contributed by atoms with Gasteiger partial charge in [0, 0.05) is 0 Å². The van der Waals surface area contributed by atoms with E-state index in [1.165, 1.54) is 31.4 Å². The third kappa shape index (κ3) is 5.64. The second-order valence-corrected chi connectivity index (χ2v) is 7.39. The molecule has 0 radical (unpaired) electrons. The molecule has 0 spiro atoms. The lowest BCUT2D eigenvalue weighted by atomic mass is 10.1. The van der Waals surface area contributed by atoms with Crippen LogP contribution in [0.4, 0.5) is 9.18 Å². The van der Waals surface area contributed by atoms with Gasteiger partial charge in [-0.15, -0.1) is 0 Å². The van der Waals surface area contributed by atoms with Crippen molar-refractivity contribution in [2.24, 2.45) is 0 Å². The quantitative estimate of drug-likeness (QED) is 0.448. The fourth-order valence-corrected chi connectivity index (χ4v) is 3.63. The first-order chi connectivity index (χ1) is 14.9. The van der Waals surface area contributed by atoms with Crippen molar-refractivity contribution in [2.45, 2.75) is 13.5 Å². The molecule has 0 atom stereocenters. The van der Waals surface area contributed by atoms with Crippen LogP contribution in [0.2, 0.25) is 0 Å². The number of carbonyl (C=O) groups excluding carboxylic acids is 3. The molecule has 1 heterocycles. The molecule has 162 valence electrons. The smallest absolute Gasteiger partial charge is 0.344 e. The summed E-state index contributed by atoms with van der Waals surface area (Å²) in [4.78, 5) is 37.8. The third-order valence-corrected chi connectivity index (χ3v) is 5.17. The molecule has 1 aliphatic rings. The second kappa shape index (κ2) is 10.1. The molecule has 0 unspecified atom stereocenters. The number of rotatable bonds is 8. The molecular formula is C22H20FNO6S. The highest BCUT2D eigenvalue weighted by Gasteiger charge is 2.35. The Hall–Kier alpha value is -3.33. The monoisotopic (exact) mass is 445 g/mol. The normalized spacial score (nSPS) is 14.8. The predicted molar refractivity (Wildman–Crippen MR) is 113 cm³/mol. The molecule has 1 fully saturated rings. The van der Waals surface area contributed by atoms with Crippen LogP contribution in [0.3, 0.4) is 0 Å². The zero-order chi connectivity index (χ0) is 22.4. The maximum atomic E-state index is 13.1. The first-order valence-electron chi connectivity index (χ1n) is 9.37. The number of ether oxygens (including phenoxy) is 3. The summed E-state index contributed by atoms with van der Waals surface area (Å²) in [6, 6.07) is 10.5. The maximum Gasteiger partial charge on any atom is 0.344 e. The van der Waals surface area contributed by atoms with Gasteiger partial charge >= 0.3 is 5.97 Å². The minimum Gasteiger partial charge on any atom is -0.493 e. The summed E-state index contributed by atoms with van der Waals surface area (Å²) in [7, 11) is 1.45. The molecule has 1 aliphatic heterocycles. The van der Waals surface area contributed by atoms with E-state index in [-0.39, 0.29) is 30.5 Å². The fourth-order valence-electron chi connectivity index (χ4n) is 2.79. The van der Waals surface area contributed by atoms with Gasteiger partial charge in [0.15, 0.2) is 18.1 Å². The molecular weight excluding hydrogens is 425 g/mol. The van der Waals surface area contributed by atoms with Gasteiger partial charge in [0.25, 0.3) is 11.1 Å². The largest absolute Gasteiger partial charge is 0.493 e. The van der Waals surface area contributed by atoms with E-state index in [1.54, 1.807) is 31.2 Å². The standard InChI is InChI=1S/C22H20FNO6S/c1-3-29-20(25)13-30-17-9-6-15(10-18(17)28-2)11-19-21(26)24(22(27)31-19)12-14-4-7-16(23)8-5-14/h4-11H,3,12-13H2,1-2H3. The summed E-state index contributed by atoms with van der Waals surface area (Å²) < 4.78 is 28.6. The molecule has 0 aromatic heterocycles. The van der Waals surface area contributed by atoms with E-state index in [9.17, 15) is 18.8 Å². The lowest BCUT2D eigenvalue weighted by Gasteiger charge is -2.12. The second-order valence-electron chi connectivity index (χ2n) is 6.40. The molecule has 2 aromatic rings. The number of benzene rings is 2. The van der Waals surface area contributed by atoms with Gasteiger partial charge in [-0.2, -0.15) is 0 Å². The SMILES string of the molecule is CCOC(=O)COc1ccc(C=C2SC(=O)N(Cc3ccc(F)cc3)C2=O)cc1OC. The summed E-state index contributed by atoms with van der Waals surface area (Å²) in [5, 5.41) is -0.401. The van der Waals surface area contributed by atoms with Crippen LogP contribution in [-0.4, -0.2) is 42.3 Å². The van der Waals surface area contributed by atoms with E-state index >= 15 is 0 Å². The van der Waals surface area contributed by atoms with Gasteiger partial charge in [0.2, 0.25) is 0 Å². The Morgan fingerprint density at radius 3 is 2.55 bits per heavy atom. The highest BCUT2D eigenvalue weighted by Crippen LogP contribution is 2.35. The van der Waals surface area contributed by atoms with Crippen molar-refractivity contribution in [1.29, 1.82) is 0 Å². The summed E-state index contributed by atoms with van der Waals surface area (Å²) in [5.41, 5.74) is 1.27. The van der Waals surface area contributed by atoms with Crippen molar-refractivity contribution in [2.75, 3.05) is 20.3 Å². The Bertz CT molecular complexity index is 1020. The summed E-state index contributed by atoms with van der Waals surface area (Å²) in [5.74, 6) is -0.605. The van der Waals surface area contributed by atoms with Crippen LogP contribution >= 0.6 is 11.8 Å². The molecule has 0 bridgehead atoms. The first-order valence-corrected chi connectivity index (χ1v) is 10.2. The molecule has 31 heavy (non-hydrogen) atoms. The minimum atomic E-state index is -0.497. The molecule has 0 aliphatic carbocycles. The van der Waals surface area contributed by atoms with Crippen molar-refractivity contribution in [3.05, 3.63) is 64.3 Å². The van der Waals surface area contributed by atoms with Crippen LogP contribution in [-0.2, 0) is 20.9 Å². The average molecular weight is 445 g/mol. The number of halogens is 1. The molecule has 0 N–H and O–H groups in total. The van der Waals surface area contributed by atoms with E-state index < -0.39 is 17.1 Å². The van der Waals surface area contributed by atoms with E-state index in [2.05, 4.69) is 0 Å². The Kier molecular flexibility index (Phi) is 7.30. The van der Waals surface area contributed by atoms with Crippen molar-refractivity contribution in [1.82, 2.24) is 4.90 Å². The Balaban J connectivity index is 1.73. The predicted octanol–water partition coefficient (Wildman–Crippen LogP) is 4.01. The van der Waals surface area contributed by atoms with E-state index in [1.807, 2.05) is 0 Å². The zero-order valence-corrected chi connectivity index (χ0v) is 17.7. The molecule has 1 saturated heterocycles. The van der Waals surface area contributed by atoms with Crippen LogP contribution in [0.1, 0.15) is 18.1 Å². The van der Waals surface area contributed by atoms with Gasteiger partial charge in [-0.1, -0.05) is 18.2 Å². The average Bonchev–Trinajstić information content (AvgIpc) is 3.01. The Labute approximate surface area is 182 Å². The van der Waals surface area contributed by atoms with Crippen molar-refractivity contribution < 1.29 is 33.0 Å². The molecule has 0 saturated carbocycles. The van der Waals surface area contributed by atoms with Gasteiger partial charge < -0.3 is 14.2 Å². The molecule has 2 amide bonds. The van der Waals surface area contributed by atoms with Crippen molar-refractivity contribution in [3.63, 3.8) is 0 Å². The number of imide groups is 1. The van der Waals surface area contributed by atoms with Crippen LogP contribution in [0.15, 0.2) is 47.4 Å². The van der Waals surface area contributed by atoms with Crippen molar-refractivity contribution >= 4 is 35.0 Å². The Morgan fingerprint density at radius 1 is 1.13 bits per heavy atom. The van der Waals surface area contributed by atoms with Gasteiger partial charge in [-0.05, 0) is 60.2 Å². The number of thioether (sulfide) groups is 1. The lowest BCUT2D eigenvalue weighted by molar-refractivity contribution is -0.145. The zero-order valence-electron chi connectivity index (χ0n) is 16.9. The number of esters is 1. The number of methoxy groups -OCH3 is 1. The number of nitrogens with zero attached hydrogens (tertiary/aromatic N) is 1. The van der Waals surface area contributed by atoms with Crippen LogP contribution in [0.25, 0.3) is 6.08 Å². The number of carbonyl (C=O) groups is 3. The van der Waals surface area contributed by atoms with E-state index in [0.29, 0.717) is 22.6 Å². The molecule has 7 nitrogen and oxygen atoms in total. The number of hydrogen-bond donors (Lipinski definition) is 0. The van der Waals surface area contributed by atoms with E-state index in [0.717, 1.165) is 16.7 Å². The number of hydrogen-bond acceptors (Lipinski definition) is 7. The van der Waals surface area contributed by atoms with Crippen LogP contribution in [0, 0.1) is 5.82 Å². The molecule has 3 rings (SSSR count). The number of amides is 2. The maximum absolute atomic E-state index is 13.1. The van der Waals surface area contributed by atoms with Gasteiger partial charge in [0.05, 0.1) is 25.2 Å². The van der Waals surface area contributed by atoms with Gasteiger partial charge in [-0.25, -0.2) is 9.18 Å².